The van der Waals surface area contributed by atoms with Crippen LogP contribution in [0, 0.1) is 5.92 Å². The number of hydrogen-bond donors (Lipinski definition) is 0. The highest BCUT2D eigenvalue weighted by molar-refractivity contribution is 5.75. The predicted octanol–water partition coefficient (Wildman–Crippen LogP) is 5.71. The summed E-state index contributed by atoms with van der Waals surface area (Å²) in [5.41, 5.74) is 6.31. The molecule has 2 aromatic carbocycles. The Morgan fingerprint density at radius 2 is 1.66 bits per heavy atom. The minimum Gasteiger partial charge on any atom is -0.166 e. The van der Waals surface area contributed by atoms with Crippen molar-refractivity contribution in [3.63, 3.8) is 0 Å². The monoisotopic (exact) mass is 392 g/mol. The van der Waals surface area contributed by atoms with Crippen LogP contribution in [-0.4, -0.2) is 0 Å². The van der Waals surface area contributed by atoms with Gasteiger partial charge in [-0.25, -0.2) is 0 Å². The summed E-state index contributed by atoms with van der Waals surface area (Å²) in [6.45, 7) is 0. The Morgan fingerprint density at radius 1 is 0.862 bits per heavy atom. The third kappa shape index (κ3) is 3.37. The summed E-state index contributed by atoms with van der Waals surface area (Å²) in [5.74, 6) is 0.340. The fourth-order valence-electron chi connectivity index (χ4n) is 5.18. The molecule has 0 aliphatic heterocycles. The number of hydrogen-bond acceptors (Lipinski definition) is 0. The maximum Gasteiger partial charge on any atom is 0.416 e. The van der Waals surface area contributed by atoms with Crippen molar-refractivity contribution < 1.29 is 13.2 Å². The number of benzene rings is 2. The van der Waals surface area contributed by atoms with Crippen LogP contribution in [0.4, 0.5) is 13.2 Å². The summed E-state index contributed by atoms with van der Waals surface area (Å²) in [4.78, 5) is 0. The first-order valence-electron chi connectivity index (χ1n) is 10.4. The Kier molecular flexibility index (Phi) is 4.49. The third-order valence-corrected chi connectivity index (χ3v) is 6.54. The molecule has 0 radical (unpaired) electrons. The van der Waals surface area contributed by atoms with E-state index in [1.165, 1.54) is 51.3 Å². The predicted molar refractivity (Wildman–Crippen MR) is 110 cm³/mol. The molecule has 5 rings (SSSR count). The zero-order valence-corrected chi connectivity index (χ0v) is 16.2. The molecule has 3 aliphatic carbocycles. The Bertz CT molecular complexity index is 1130. The molecule has 0 nitrogen and oxygen atoms in total. The first-order valence-corrected chi connectivity index (χ1v) is 10.4. The normalized spacial score (nSPS) is 21.0. The van der Waals surface area contributed by atoms with E-state index < -0.39 is 11.7 Å². The molecule has 0 bridgehead atoms. The van der Waals surface area contributed by atoms with E-state index in [2.05, 4.69) is 36.4 Å². The van der Waals surface area contributed by atoms with Gasteiger partial charge in [-0.05, 0) is 94.9 Å². The van der Waals surface area contributed by atoms with Crippen LogP contribution in [-0.2, 0) is 12.6 Å². The molecule has 0 amide bonds. The third-order valence-electron chi connectivity index (χ3n) is 6.54. The Balaban J connectivity index is 1.55. The van der Waals surface area contributed by atoms with Crippen molar-refractivity contribution >= 4 is 11.6 Å². The molecule has 0 saturated heterocycles. The van der Waals surface area contributed by atoms with E-state index >= 15 is 0 Å². The zero-order valence-electron chi connectivity index (χ0n) is 16.2. The van der Waals surface area contributed by atoms with E-state index in [4.69, 9.17) is 0 Å². The molecule has 0 saturated carbocycles. The van der Waals surface area contributed by atoms with Crippen molar-refractivity contribution in [2.75, 3.05) is 0 Å². The van der Waals surface area contributed by atoms with Crippen LogP contribution < -0.4 is 10.4 Å². The van der Waals surface area contributed by atoms with Crippen molar-refractivity contribution in [3.05, 3.63) is 92.9 Å². The Morgan fingerprint density at radius 3 is 2.45 bits per heavy atom. The van der Waals surface area contributed by atoms with Crippen molar-refractivity contribution in [2.45, 2.75) is 44.7 Å². The maximum absolute atomic E-state index is 12.9. The highest BCUT2D eigenvalue weighted by atomic mass is 19.4. The average molecular weight is 392 g/mol. The largest absolute Gasteiger partial charge is 0.416 e. The molecule has 3 aliphatic rings. The van der Waals surface area contributed by atoms with Crippen LogP contribution in [0.3, 0.4) is 0 Å². The summed E-state index contributed by atoms with van der Waals surface area (Å²) >= 11 is 0. The smallest absolute Gasteiger partial charge is 0.166 e. The molecular formula is C26H23F3. The second kappa shape index (κ2) is 7.05. The molecule has 2 aromatic rings. The summed E-state index contributed by atoms with van der Waals surface area (Å²) in [7, 11) is 0. The Hall–Kier alpha value is -2.55. The summed E-state index contributed by atoms with van der Waals surface area (Å²) in [6.07, 6.45) is 6.60. The standard InChI is InChI=1S/C26H23F3/c27-26(28,29)20-12-9-17(10-13-20)15-19-16-25-21-6-2-1-5-18(21)11-14-24(25)23-8-4-3-7-22(19)23/h1-2,5-7,9-13,19H,3-4,8,14-16H2. The van der Waals surface area contributed by atoms with Gasteiger partial charge in [0.15, 0.2) is 0 Å². The van der Waals surface area contributed by atoms with Crippen LogP contribution in [0.15, 0.2) is 71.3 Å². The second-order valence-corrected chi connectivity index (χ2v) is 8.28. The lowest BCUT2D eigenvalue weighted by molar-refractivity contribution is -0.137. The Labute approximate surface area is 168 Å². The summed E-state index contributed by atoms with van der Waals surface area (Å²) in [5, 5.41) is 2.65. The minimum atomic E-state index is -4.28. The van der Waals surface area contributed by atoms with E-state index in [1.54, 1.807) is 12.1 Å². The van der Waals surface area contributed by atoms with E-state index in [0.29, 0.717) is 5.92 Å². The van der Waals surface area contributed by atoms with Gasteiger partial charge in [0.05, 0.1) is 5.56 Å². The molecule has 1 atom stereocenters. The van der Waals surface area contributed by atoms with Crippen LogP contribution in [0.2, 0.25) is 0 Å². The van der Waals surface area contributed by atoms with E-state index in [-0.39, 0.29) is 0 Å². The van der Waals surface area contributed by atoms with E-state index in [0.717, 1.165) is 37.7 Å². The number of fused-ring (bicyclic) bond motifs is 3. The van der Waals surface area contributed by atoms with Crippen LogP contribution in [0.5, 0.6) is 0 Å². The van der Waals surface area contributed by atoms with Gasteiger partial charge in [-0.1, -0.05) is 48.6 Å². The SMILES string of the molecule is FC(F)(F)c1ccc(CC2CC3=c4ccccc4=CCC3=C3CCCC=C32)cc1. The van der Waals surface area contributed by atoms with Gasteiger partial charge >= 0.3 is 6.18 Å². The lowest BCUT2D eigenvalue weighted by atomic mass is 9.69. The second-order valence-electron chi connectivity index (χ2n) is 8.28. The van der Waals surface area contributed by atoms with Gasteiger partial charge in [0.1, 0.15) is 0 Å². The molecule has 148 valence electrons. The average Bonchev–Trinajstić information content (AvgIpc) is 2.73. The summed E-state index contributed by atoms with van der Waals surface area (Å²) < 4.78 is 38.7. The lowest BCUT2D eigenvalue weighted by Gasteiger charge is -2.36. The van der Waals surface area contributed by atoms with Crippen LogP contribution in [0.1, 0.15) is 43.2 Å². The molecule has 3 heteroatoms. The fraction of sp³-hybridized carbons (Fsp3) is 0.308. The maximum atomic E-state index is 12.9. The van der Waals surface area contributed by atoms with Gasteiger partial charge in [0, 0.05) is 0 Å². The quantitative estimate of drug-likeness (QED) is 0.614. The van der Waals surface area contributed by atoms with Crippen LogP contribution in [0.25, 0.3) is 11.6 Å². The molecule has 1 unspecified atom stereocenters. The van der Waals surface area contributed by atoms with Crippen molar-refractivity contribution in [2.24, 2.45) is 5.92 Å². The van der Waals surface area contributed by atoms with Crippen molar-refractivity contribution in [1.82, 2.24) is 0 Å². The zero-order chi connectivity index (χ0) is 20.0. The number of halogens is 3. The van der Waals surface area contributed by atoms with Gasteiger partial charge in [0.2, 0.25) is 0 Å². The fourth-order valence-corrected chi connectivity index (χ4v) is 5.18. The first-order chi connectivity index (χ1) is 14.0. The molecule has 0 aromatic heterocycles. The molecule has 0 fully saturated rings. The van der Waals surface area contributed by atoms with Crippen molar-refractivity contribution in [1.29, 1.82) is 0 Å². The van der Waals surface area contributed by atoms with Crippen molar-refractivity contribution in [3.8, 4) is 0 Å². The van der Waals surface area contributed by atoms with Crippen LogP contribution >= 0.6 is 0 Å². The summed E-state index contributed by atoms with van der Waals surface area (Å²) in [6, 6.07) is 14.3. The molecule has 0 spiro atoms. The van der Waals surface area contributed by atoms with E-state index in [9.17, 15) is 13.2 Å². The lowest BCUT2D eigenvalue weighted by Crippen LogP contribution is -2.33. The molecule has 0 N–H and O–H groups in total. The molecular weight excluding hydrogens is 369 g/mol. The highest BCUT2D eigenvalue weighted by Gasteiger charge is 2.32. The van der Waals surface area contributed by atoms with E-state index in [1.807, 2.05) is 0 Å². The number of alkyl halides is 3. The van der Waals surface area contributed by atoms with Gasteiger partial charge in [0.25, 0.3) is 0 Å². The highest BCUT2D eigenvalue weighted by Crippen LogP contribution is 2.45. The van der Waals surface area contributed by atoms with Gasteiger partial charge in [-0.2, -0.15) is 13.2 Å². The minimum absolute atomic E-state index is 0.340. The number of allylic oxidation sites excluding steroid dienone is 4. The molecule has 0 heterocycles. The van der Waals surface area contributed by atoms with Gasteiger partial charge in [-0.15, -0.1) is 0 Å². The topological polar surface area (TPSA) is 0 Å². The number of rotatable bonds is 2. The first kappa shape index (κ1) is 18.5. The van der Waals surface area contributed by atoms with Gasteiger partial charge in [-0.3, -0.25) is 0 Å². The van der Waals surface area contributed by atoms with Gasteiger partial charge < -0.3 is 0 Å². The molecule has 29 heavy (non-hydrogen) atoms.